The van der Waals surface area contributed by atoms with Crippen LogP contribution >= 0.6 is 0 Å². The van der Waals surface area contributed by atoms with Gasteiger partial charge in [0.25, 0.3) is 0 Å². The third-order valence-corrected chi connectivity index (χ3v) is 8.58. The van der Waals surface area contributed by atoms with Gasteiger partial charge >= 0.3 is 6.85 Å². The molecule has 0 saturated carbocycles. The lowest BCUT2D eigenvalue weighted by Crippen LogP contribution is -2.59. The highest BCUT2D eigenvalue weighted by molar-refractivity contribution is 6.92. The van der Waals surface area contributed by atoms with Crippen LogP contribution in [0.4, 0.5) is 11.4 Å². The lowest BCUT2D eigenvalue weighted by Gasteiger charge is -2.43. The molecule has 0 N–H and O–H groups in total. The van der Waals surface area contributed by atoms with Gasteiger partial charge in [-0.3, -0.25) is 0 Å². The number of anilines is 2. The summed E-state index contributed by atoms with van der Waals surface area (Å²) in [6.07, 6.45) is 0. The molecule has 9 rings (SSSR count). The van der Waals surface area contributed by atoms with Crippen LogP contribution in [0, 0.1) is 0 Å². The van der Waals surface area contributed by atoms with Crippen molar-refractivity contribution in [3.8, 4) is 27.9 Å². The van der Waals surface area contributed by atoms with E-state index in [2.05, 4.69) is 149 Å². The molecule has 0 bridgehead atoms. The Kier molecular flexibility index (Phi) is 4.17. The molecule has 0 unspecified atom stereocenters. The first-order valence-electron chi connectivity index (χ1n) is 13.6. The Bertz CT molecular complexity index is 2090. The number of hydrogen-bond acceptors (Lipinski definition) is 1. The van der Waals surface area contributed by atoms with Crippen LogP contribution in [0.2, 0.25) is 0 Å². The van der Waals surface area contributed by atoms with Gasteiger partial charge in [0.05, 0.1) is 11.0 Å². The fourth-order valence-corrected chi connectivity index (χ4v) is 7.09. The van der Waals surface area contributed by atoms with Crippen LogP contribution in [0.25, 0.3) is 49.7 Å². The Labute approximate surface area is 227 Å². The molecule has 0 atom stereocenters. The van der Waals surface area contributed by atoms with E-state index in [1.54, 1.807) is 0 Å². The number of para-hydroxylation sites is 4. The summed E-state index contributed by atoms with van der Waals surface area (Å²) in [6, 6.07) is 51.1. The van der Waals surface area contributed by atoms with E-state index in [0.29, 0.717) is 0 Å². The van der Waals surface area contributed by atoms with Crippen molar-refractivity contribution in [3.63, 3.8) is 0 Å². The SMILES string of the molecule is c1ccc(-n2c3ccccc3c3c4c(ccc32)B2c3ccccc3-c3ccccc3N2c2ccccc2-4)cc1. The molecule has 1 aromatic heterocycles. The van der Waals surface area contributed by atoms with Gasteiger partial charge < -0.3 is 9.38 Å². The Balaban J connectivity index is 1.46. The van der Waals surface area contributed by atoms with Crippen molar-refractivity contribution in [2.45, 2.75) is 0 Å². The summed E-state index contributed by atoms with van der Waals surface area (Å²) in [5, 5.41) is 2.62. The number of fused-ring (bicyclic) bond motifs is 15. The van der Waals surface area contributed by atoms with E-state index in [4.69, 9.17) is 0 Å². The summed E-state index contributed by atoms with van der Waals surface area (Å²) < 4.78 is 2.42. The van der Waals surface area contributed by atoms with Crippen LogP contribution in [-0.4, -0.2) is 11.4 Å². The van der Waals surface area contributed by atoms with Crippen LogP contribution in [0.15, 0.2) is 140 Å². The van der Waals surface area contributed by atoms with Gasteiger partial charge in [-0.05, 0) is 58.5 Å². The molecule has 0 radical (unpaired) electrons. The van der Waals surface area contributed by atoms with Gasteiger partial charge in [-0.15, -0.1) is 0 Å². The minimum absolute atomic E-state index is 0.101. The van der Waals surface area contributed by atoms with E-state index < -0.39 is 0 Å². The number of aromatic nitrogens is 1. The molecule has 0 amide bonds. The zero-order chi connectivity index (χ0) is 25.5. The standard InChI is InChI=1S/C36H23BN2/c1-2-12-24(13-3-1)38-31-19-9-6-16-27(31)36-34(38)23-22-30-35(36)28-17-7-11-21-33(28)39-32-20-10-5-15-26(32)25-14-4-8-18-29(25)37(30)39/h1-23H. The molecular formula is C36H23BN2. The fraction of sp³-hybridized carbons (Fsp3) is 0. The Morgan fingerprint density at radius 2 is 1.08 bits per heavy atom. The Morgan fingerprint density at radius 3 is 1.92 bits per heavy atom. The van der Waals surface area contributed by atoms with E-state index in [-0.39, 0.29) is 6.85 Å². The topological polar surface area (TPSA) is 8.17 Å². The molecule has 2 aliphatic heterocycles. The van der Waals surface area contributed by atoms with Crippen LogP contribution < -0.4 is 15.7 Å². The summed E-state index contributed by atoms with van der Waals surface area (Å²) in [6.45, 7) is 0.101. The lowest BCUT2D eigenvalue weighted by atomic mass is 9.43. The average Bonchev–Trinajstić information content (AvgIpc) is 3.35. The first-order valence-corrected chi connectivity index (χ1v) is 13.6. The van der Waals surface area contributed by atoms with Crippen molar-refractivity contribution in [3.05, 3.63) is 140 Å². The minimum Gasteiger partial charge on any atom is -0.376 e. The fourth-order valence-electron chi connectivity index (χ4n) is 7.09. The number of nitrogens with zero attached hydrogens (tertiary/aromatic N) is 2. The Morgan fingerprint density at radius 1 is 0.436 bits per heavy atom. The molecule has 2 aliphatic rings. The molecule has 6 aromatic carbocycles. The maximum atomic E-state index is 2.57. The quantitative estimate of drug-likeness (QED) is 0.213. The number of benzene rings is 6. The summed E-state index contributed by atoms with van der Waals surface area (Å²) in [5.74, 6) is 0. The highest BCUT2D eigenvalue weighted by atomic mass is 15.1. The molecule has 0 fully saturated rings. The van der Waals surface area contributed by atoms with Crippen molar-refractivity contribution in [2.75, 3.05) is 4.81 Å². The second-order valence-corrected chi connectivity index (χ2v) is 10.5. The van der Waals surface area contributed by atoms with E-state index in [0.717, 1.165) is 0 Å². The first-order chi connectivity index (χ1) is 19.4. The van der Waals surface area contributed by atoms with Gasteiger partial charge in [0.1, 0.15) is 0 Å². The second-order valence-electron chi connectivity index (χ2n) is 10.5. The van der Waals surface area contributed by atoms with Crippen molar-refractivity contribution in [1.82, 2.24) is 4.57 Å². The summed E-state index contributed by atoms with van der Waals surface area (Å²) in [5.41, 5.74) is 14.2. The van der Waals surface area contributed by atoms with Gasteiger partial charge in [0, 0.05) is 39.0 Å². The lowest BCUT2D eigenvalue weighted by molar-refractivity contribution is 1.18. The normalized spacial score (nSPS) is 13.0. The van der Waals surface area contributed by atoms with Crippen molar-refractivity contribution < 1.29 is 0 Å². The third-order valence-electron chi connectivity index (χ3n) is 8.58. The average molecular weight is 494 g/mol. The molecule has 0 aliphatic carbocycles. The van der Waals surface area contributed by atoms with E-state index in [1.165, 1.54) is 72.0 Å². The minimum atomic E-state index is 0.101. The monoisotopic (exact) mass is 494 g/mol. The van der Waals surface area contributed by atoms with Crippen molar-refractivity contribution in [2.24, 2.45) is 0 Å². The highest BCUT2D eigenvalue weighted by Gasteiger charge is 2.42. The summed E-state index contributed by atoms with van der Waals surface area (Å²) in [7, 11) is 0. The van der Waals surface area contributed by atoms with Gasteiger partial charge in [-0.2, -0.15) is 0 Å². The van der Waals surface area contributed by atoms with Crippen molar-refractivity contribution in [1.29, 1.82) is 0 Å². The zero-order valence-corrected chi connectivity index (χ0v) is 21.3. The number of rotatable bonds is 1. The van der Waals surface area contributed by atoms with Crippen LogP contribution in [-0.2, 0) is 0 Å². The van der Waals surface area contributed by atoms with E-state index in [1.807, 2.05) is 0 Å². The zero-order valence-electron chi connectivity index (χ0n) is 21.3. The van der Waals surface area contributed by atoms with Crippen LogP contribution in [0.1, 0.15) is 0 Å². The largest absolute Gasteiger partial charge is 0.376 e. The molecule has 0 spiro atoms. The second kappa shape index (κ2) is 7.75. The molecule has 2 nitrogen and oxygen atoms in total. The van der Waals surface area contributed by atoms with Crippen LogP contribution in [0.5, 0.6) is 0 Å². The van der Waals surface area contributed by atoms with Crippen LogP contribution in [0.3, 0.4) is 0 Å². The smallest absolute Gasteiger partial charge is 0.329 e. The third kappa shape index (κ3) is 2.72. The highest BCUT2D eigenvalue weighted by Crippen LogP contribution is 2.48. The molecule has 180 valence electrons. The van der Waals surface area contributed by atoms with E-state index >= 15 is 0 Å². The maximum absolute atomic E-state index is 2.57. The Hall–Kier alpha value is -5.02. The predicted molar refractivity (Wildman–Crippen MR) is 165 cm³/mol. The maximum Gasteiger partial charge on any atom is 0.329 e. The van der Waals surface area contributed by atoms with Gasteiger partial charge in [-0.1, -0.05) is 103 Å². The molecule has 0 saturated heterocycles. The predicted octanol–water partition coefficient (Wildman–Crippen LogP) is 7.69. The van der Waals surface area contributed by atoms with Gasteiger partial charge in [0.15, 0.2) is 0 Å². The van der Waals surface area contributed by atoms with E-state index in [9.17, 15) is 0 Å². The number of hydrogen-bond donors (Lipinski definition) is 0. The molecule has 39 heavy (non-hydrogen) atoms. The summed E-state index contributed by atoms with van der Waals surface area (Å²) in [4.78, 5) is 2.57. The molecule has 3 heteroatoms. The molecular weight excluding hydrogens is 471 g/mol. The molecule has 3 heterocycles. The van der Waals surface area contributed by atoms with Gasteiger partial charge in [0.2, 0.25) is 0 Å². The molecule has 7 aromatic rings. The van der Waals surface area contributed by atoms with Crippen molar-refractivity contribution >= 4 is 51.0 Å². The van der Waals surface area contributed by atoms with Gasteiger partial charge in [-0.25, -0.2) is 0 Å². The first kappa shape index (κ1) is 21.0. The summed E-state index contributed by atoms with van der Waals surface area (Å²) >= 11 is 0.